The summed E-state index contributed by atoms with van der Waals surface area (Å²) in [5.41, 5.74) is -1.52. The van der Waals surface area contributed by atoms with Crippen LogP contribution in [0.1, 0.15) is 27.7 Å². The third kappa shape index (κ3) is 2.95. The van der Waals surface area contributed by atoms with Gasteiger partial charge in [0, 0.05) is 23.6 Å². The van der Waals surface area contributed by atoms with Gasteiger partial charge in [0.25, 0.3) is 0 Å². The molecule has 0 bridgehead atoms. The van der Waals surface area contributed by atoms with Gasteiger partial charge < -0.3 is 19.3 Å². The van der Waals surface area contributed by atoms with Gasteiger partial charge in [0.2, 0.25) is 0 Å². The van der Waals surface area contributed by atoms with Crippen molar-refractivity contribution in [1.82, 2.24) is 0 Å². The number of ketones is 1. The Morgan fingerprint density at radius 1 is 1.21 bits per heavy atom. The van der Waals surface area contributed by atoms with Gasteiger partial charge >= 0.3 is 17.9 Å². The number of hydrogen-bond acceptors (Lipinski definition) is 8. The summed E-state index contributed by atoms with van der Waals surface area (Å²) >= 11 is 0. The van der Waals surface area contributed by atoms with Crippen molar-refractivity contribution < 1.29 is 38.5 Å². The molecule has 0 unspecified atom stereocenters. The lowest BCUT2D eigenvalue weighted by Gasteiger charge is -2.35. The molecule has 154 valence electrons. The first-order valence-electron chi connectivity index (χ1n) is 9.01. The molecule has 0 saturated carbocycles. The van der Waals surface area contributed by atoms with Crippen molar-refractivity contribution in [3.05, 3.63) is 47.1 Å². The minimum Gasteiger partial charge on any atom is -0.457 e. The van der Waals surface area contributed by atoms with Gasteiger partial charge in [0.1, 0.15) is 6.10 Å². The molecular formula is C21H22O8. The average Bonchev–Trinajstić information content (AvgIpc) is 3.01. The van der Waals surface area contributed by atoms with Crippen molar-refractivity contribution in [3.8, 4) is 0 Å². The van der Waals surface area contributed by atoms with E-state index in [1.54, 1.807) is 0 Å². The molecule has 0 spiro atoms. The van der Waals surface area contributed by atoms with Crippen LogP contribution >= 0.6 is 0 Å². The predicted molar refractivity (Wildman–Crippen MR) is 99.2 cm³/mol. The Balaban J connectivity index is 2.28. The number of aliphatic hydroxyl groups is 1. The van der Waals surface area contributed by atoms with Gasteiger partial charge in [-0.05, 0) is 38.0 Å². The summed E-state index contributed by atoms with van der Waals surface area (Å²) in [6.07, 6.45) is -2.51. The van der Waals surface area contributed by atoms with Crippen molar-refractivity contribution in [1.29, 1.82) is 0 Å². The highest BCUT2D eigenvalue weighted by Gasteiger charge is 2.64. The van der Waals surface area contributed by atoms with Crippen molar-refractivity contribution in [3.63, 3.8) is 0 Å². The molecule has 2 aliphatic carbocycles. The number of rotatable bonds is 3. The Labute approximate surface area is 167 Å². The van der Waals surface area contributed by atoms with Crippen LogP contribution in [0.4, 0.5) is 0 Å². The van der Waals surface area contributed by atoms with Gasteiger partial charge in [0.05, 0.1) is 5.92 Å². The summed E-state index contributed by atoms with van der Waals surface area (Å²) in [6, 6.07) is 0. The maximum Gasteiger partial charge on any atom is 0.334 e. The largest absolute Gasteiger partial charge is 0.457 e. The molecule has 0 aromatic heterocycles. The zero-order valence-electron chi connectivity index (χ0n) is 16.6. The topological polar surface area (TPSA) is 116 Å². The summed E-state index contributed by atoms with van der Waals surface area (Å²) in [7, 11) is 0. The second kappa shape index (κ2) is 6.81. The normalized spacial score (nSPS) is 33.4. The van der Waals surface area contributed by atoms with Gasteiger partial charge in [-0.2, -0.15) is 0 Å². The Kier molecular flexibility index (Phi) is 4.86. The van der Waals surface area contributed by atoms with Crippen LogP contribution in [-0.2, 0) is 33.4 Å². The maximum atomic E-state index is 12.7. The predicted octanol–water partition coefficient (Wildman–Crippen LogP) is 1.09. The molecule has 0 radical (unpaired) electrons. The van der Waals surface area contributed by atoms with E-state index in [4.69, 9.17) is 14.2 Å². The number of carbonyl (C=O) groups is 4. The van der Waals surface area contributed by atoms with Crippen LogP contribution in [0.15, 0.2) is 47.1 Å². The van der Waals surface area contributed by atoms with Crippen molar-refractivity contribution in [2.75, 3.05) is 0 Å². The van der Waals surface area contributed by atoms with Crippen molar-refractivity contribution in [2.45, 2.75) is 51.6 Å². The van der Waals surface area contributed by atoms with Crippen LogP contribution in [0.25, 0.3) is 0 Å². The van der Waals surface area contributed by atoms with Crippen LogP contribution in [0.3, 0.4) is 0 Å². The van der Waals surface area contributed by atoms with E-state index in [2.05, 4.69) is 13.2 Å². The number of esters is 3. The zero-order chi connectivity index (χ0) is 21.8. The number of hydrogen-bond donors (Lipinski definition) is 1. The first kappa shape index (κ1) is 20.7. The highest BCUT2D eigenvalue weighted by atomic mass is 16.6. The molecule has 0 aromatic rings. The van der Waals surface area contributed by atoms with Crippen LogP contribution in [-0.4, -0.2) is 52.7 Å². The van der Waals surface area contributed by atoms with E-state index in [0.717, 1.165) is 6.92 Å². The van der Waals surface area contributed by atoms with Crippen LogP contribution in [0.5, 0.6) is 0 Å². The molecule has 1 N–H and O–H groups in total. The zero-order valence-corrected chi connectivity index (χ0v) is 16.6. The molecule has 8 heteroatoms. The lowest BCUT2D eigenvalue weighted by atomic mass is 9.78. The number of fused-ring (bicyclic) bond motifs is 3. The number of ether oxygens (including phenoxy) is 3. The lowest BCUT2D eigenvalue weighted by Crippen LogP contribution is -2.50. The number of carbonyl (C=O) groups excluding carboxylic acids is 4. The molecule has 1 aliphatic heterocycles. The number of allylic oxidation sites excluding steroid dienone is 1. The highest BCUT2D eigenvalue weighted by molar-refractivity contribution is 6.11. The van der Waals surface area contributed by atoms with E-state index in [0.29, 0.717) is 0 Å². The van der Waals surface area contributed by atoms with Crippen molar-refractivity contribution >= 4 is 23.7 Å². The molecule has 1 fully saturated rings. The van der Waals surface area contributed by atoms with Gasteiger partial charge in [0.15, 0.2) is 23.6 Å². The van der Waals surface area contributed by atoms with Crippen LogP contribution in [0.2, 0.25) is 0 Å². The van der Waals surface area contributed by atoms with Crippen molar-refractivity contribution in [2.24, 2.45) is 5.92 Å². The molecular weight excluding hydrogens is 380 g/mol. The fourth-order valence-electron chi connectivity index (χ4n) is 4.20. The molecule has 8 nitrogen and oxygen atoms in total. The first-order valence-corrected chi connectivity index (χ1v) is 9.01. The van der Waals surface area contributed by atoms with E-state index in [1.165, 1.54) is 26.8 Å². The van der Waals surface area contributed by atoms with E-state index >= 15 is 0 Å². The molecule has 3 rings (SSSR count). The first-order chi connectivity index (χ1) is 13.4. The molecule has 1 heterocycles. The monoisotopic (exact) mass is 402 g/mol. The fourth-order valence-corrected chi connectivity index (χ4v) is 4.20. The minimum absolute atomic E-state index is 0.0488. The van der Waals surface area contributed by atoms with Gasteiger partial charge in [-0.25, -0.2) is 9.59 Å². The van der Waals surface area contributed by atoms with E-state index < -0.39 is 53.5 Å². The van der Waals surface area contributed by atoms with Gasteiger partial charge in [-0.3, -0.25) is 9.59 Å². The van der Waals surface area contributed by atoms with E-state index in [9.17, 15) is 24.3 Å². The second-order valence-corrected chi connectivity index (χ2v) is 7.57. The Hall–Kier alpha value is -3.00. The van der Waals surface area contributed by atoms with Crippen LogP contribution < -0.4 is 0 Å². The van der Waals surface area contributed by atoms with E-state index in [-0.39, 0.29) is 27.9 Å². The van der Waals surface area contributed by atoms with Gasteiger partial charge in [-0.15, -0.1) is 0 Å². The third-order valence-corrected chi connectivity index (χ3v) is 5.57. The maximum absolute atomic E-state index is 12.7. The highest BCUT2D eigenvalue weighted by Crippen LogP contribution is 2.51. The Morgan fingerprint density at radius 2 is 1.83 bits per heavy atom. The Morgan fingerprint density at radius 3 is 2.38 bits per heavy atom. The summed E-state index contributed by atoms with van der Waals surface area (Å²) in [4.78, 5) is 49.1. The summed E-state index contributed by atoms with van der Waals surface area (Å²) in [6.45, 7) is 12.9. The average molecular weight is 402 g/mol. The molecule has 1 saturated heterocycles. The molecule has 29 heavy (non-hydrogen) atoms. The SMILES string of the molecule is C=C(C)C(=O)O[C@@H]1C(C)=C2C(=O)C=C(C)[C@]2(O)[C@H]2OC(=O)C(=C)[C@@H]2[C@H]1OC(C)=O. The smallest absolute Gasteiger partial charge is 0.334 e. The standard InChI is InChI=1S/C21H22O8/c1-8(2)19(24)28-16-11(5)15-13(23)7-9(3)21(15,26)18-14(10(4)20(25)29-18)17(16)27-12(6)22/h7,14,16-18,26H,1,4H2,2-3,5-6H3/t14-,16-,17-,18+,21-/m1/s1. The Bertz CT molecular complexity index is 936. The van der Waals surface area contributed by atoms with E-state index in [1.807, 2.05) is 0 Å². The molecule has 0 aromatic carbocycles. The van der Waals surface area contributed by atoms with Gasteiger partial charge in [-0.1, -0.05) is 13.2 Å². The summed E-state index contributed by atoms with van der Waals surface area (Å²) in [5, 5.41) is 11.6. The molecule has 5 atom stereocenters. The fraction of sp³-hybridized carbons (Fsp3) is 0.429. The lowest BCUT2D eigenvalue weighted by molar-refractivity contribution is -0.168. The molecule has 0 amide bonds. The summed E-state index contributed by atoms with van der Waals surface area (Å²) < 4.78 is 16.3. The summed E-state index contributed by atoms with van der Waals surface area (Å²) in [5.74, 6) is -3.81. The quantitative estimate of drug-likeness (QED) is 0.424. The minimum atomic E-state index is -1.95. The third-order valence-electron chi connectivity index (χ3n) is 5.57. The second-order valence-electron chi connectivity index (χ2n) is 7.57. The molecule has 3 aliphatic rings. The van der Waals surface area contributed by atoms with Crippen LogP contribution in [0, 0.1) is 5.92 Å².